The van der Waals surface area contributed by atoms with Crippen LogP contribution in [0.4, 0.5) is 25.3 Å². The molecular formula is C17H13F2N3O2S2. The van der Waals surface area contributed by atoms with Gasteiger partial charge in [0.15, 0.2) is 16.1 Å². The predicted molar refractivity (Wildman–Crippen MR) is 97.4 cm³/mol. The third-order valence-corrected chi connectivity index (χ3v) is 5.70. The molecule has 1 atom stereocenters. The smallest absolute Gasteiger partial charge is 0.194 e. The van der Waals surface area contributed by atoms with Crippen molar-refractivity contribution < 1.29 is 17.7 Å². The summed E-state index contributed by atoms with van der Waals surface area (Å²) in [5.74, 6) is -0.776. The third kappa shape index (κ3) is 3.27. The summed E-state index contributed by atoms with van der Waals surface area (Å²) in [5.41, 5.74) is 0.905. The van der Waals surface area contributed by atoms with Crippen LogP contribution in [-0.4, -0.2) is 22.3 Å². The number of fused-ring (bicyclic) bond motifs is 1. The summed E-state index contributed by atoms with van der Waals surface area (Å²) in [6.45, 7) is 0.759. The fraction of sp³-hybridized carbons (Fsp3) is 0.118. The maximum absolute atomic E-state index is 14.2. The van der Waals surface area contributed by atoms with Crippen molar-refractivity contribution in [3.63, 3.8) is 0 Å². The lowest BCUT2D eigenvalue weighted by Crippen LogP contribution is -2.29. The van der Waals surface area contributed by atoms with Crippen molar-refractivity contribution in [1.82, 2.24) is 4.98 Å². The Bertz CT molecular complexity index is 967. The van der Waals surface area contributed by atoms with Crippen molar-refractivity contribution in [1.29, 1.82) is 0 Å². The van der Waals surface area contributed by atoms with Gasteiger partial charge in [-0.15, -0.1) is 11.3 Å². The maximum Gasteiger partial charge on any atom is 0.194 e. The molecule has 9 heteroatoms. The quantitative estimate of drug-likeness (QED) is 0.726. The van der Waals surface area contributed by atoms with E-state index in [0.717, 1.165) is 6.07 Å². The molecule has 1 aliphatic heterocycles. The number of aromatic nitrogens is 1. The minimum atomic E-state index is -1.50. The van der Waals surface area contributed by atoms with E-state index in [1.807, 2.05) is 0 Å². The number of nitrogens with zero attached hydrogens (tertiary/aromatic N) is 2. The van der Waals surface area contributed by atoms with E-state index in [1.165, 1.54) is 23.5 Å². The summed E-state index contributed by atoms with van der Waals surface area (Å²) in [6, 6.07) is 8.52. The topological polar surface area (TPSA) is 54.5 Å². The third-order valence-electron chi connectivity index (χ3n) is 3.82. The number of nitrogens with one attached hydrogen (secondary N) is 1. The van der Waals surface area contributed by atoms with Gasteiger partial charge in [-0.3, -0.25) is 4.72 Å². The zero-order valence-corrected chi connectivity index (χ0v) is 14.9. The minimum Gasteiger partial charge on any atom is -0.489 e. The lowest BCUT2D eigenvalue weighted by Gasteiger charge is -2.31. The fourth-order valence-corrected chi connectivity index (χ4v) is 4.20. The van der Waals surface area contributed by atoms with Crippen LogP contribution in [0, 0.1) is 11.6 Å². The SMILES string of the molecule is O=S(Nc1nccs1)c1ccc2c(c1)OCCN2c1ccc(F)cc1F. The van der Waals surface area contributed by atoms with Crippen molar-refractivity contribution in [2.75, 3.05) is 22.8 Å². The Labute approximate surface area is 154 Å². The molecule has 5 nitrogen and oxygen atoms in total. The molecule has 2 heterocycles. The minimum absolute atomic E-state index is 0.269. The van der Waals surface area contributed by atoms with Gasteiger partial charge in [-0.2, -0.15) is 0 Å². The molecule has 0 fully saturated rings. The number of anilines is 3. The molecule has 0 bridgehead atoms. The van der Waals surface area contributed by atoms with Gasteiger partial charge in [0.1, 0.15) is 24.0 Å². The Hall–Kier alpha value is -2.52. The van der Waals surface area contributed by atoms with Crippen molar-refractivity contribution in [3.8, 4) is 5.75 Å². The maximum atomic E-state index is 14.2. The normalized spacial score (nSPS) is 14.5. The first-order valence-electron chi connectivity index (χ1n) is 7.69. The molecule has 1 aromatic heterocycles. The highest BCUT2D eigenvalue weighted by molar-refractivity contribution is 7.86. The van der Waals surface area contributed by atoms with Crippen molar-refractivity contribution >= 4 is 38.8 Å². The molecule has 0 aliphatic carbocycles. The number of thiazole rings is 1. The summed E-state index contributed by atoms with van der Waals surface area (Å²) in [7, 11) is -1.50. The zero-order chi connectivity index (χ0) is 18.1. The standard InChI is InChI=1S/C17H13F2N3O2S2/c18-11-1-3-14(13(19)9-11)22-6-7-24-16-10-12(2-4-15(16)22)26(23)21-17-20-5-8-25-17/h1-5,8-10H,6-7H2,(H,20,21). The fourth-order valence-electron chi connectivity index (χ4n) is 2.68. The van der Waals surface area contributed by atoms with Gasteiger partial charge in [0.25, 0.3) is 0 Å². The van der Waals surface area contributed by atoms with Gasteiger partial charge in [-0.25, -0.2) is 18.0 Å². The van der Waals surface area contributed by atoms with E-state index >= 15 is 0 Å². The lowest BCUT2D eigenvalue weighted by atomic mass is 10.2. The molecule has 4 rings (SSSR count). The highest BCUT2D eigenvalue weighted by Gasteiger charge is 2.23. The molecule has 26 heavy (non-hydrogen) atoms. The molecule has 2 aromatic carbocycles. The van der Waals surface area contributed by atoms with Gasteiger partial charge in [0, 0.05) is 23.7 Å². The summed E-state index contributed by atoms with van der Waals surface area (Å²) in [5, 5.41) is 2.34. The van der Waals surface area contributed by atoms with Crippen LogP contribution in [0.1, 0.15) is 0 Å². The molecule has 0 saturated heterocycles. The summed E-state index contributed by atoms with van der Waals surface area (Å²) in [6.07, 6.45) is 1.62. The van der Waals surface area contributed by atoms with Crippen molar-refractivity contribution in [3.05, 3.63) is 59.6 Å². The molecule has 0 spiro atoms. The first kappa shape index (κ1) is 16.9. The second-order valence-electron chi connectivity index (χ2n) is 5.43. The van der Waals surface area contributed by atoms with E-state index in [4.69, 9.17) is 4.74 Å². The average molecular weight is 393 g/mol. The molecular weight excluding hydrogens is 380 g/mol. The monoisotopic (exact) mass is 393 g/mol. The van der Waals surface area contributed by atoms with Gasteiger partial charge >= 0.3 is 0 Å². The van der Waals surface area contributed by atoms with Gasteiger partial charge < -0.3 is 9.64 Å². The molecule has 1 unspecified atom stereocenters. The average Bonchev–Trinajstić information content (AvgIpc) is 3.14. The van der Waals surface area contributed by atoms with Crippen LogP contribution in [0.25, 0.3) is 0 Å². The van der Waals surface area contributed by atoms with E-state index in [0.29, 0.717) is 34.6 Å². The number of rotatable bonds is 4. The largest absolute Gasteiger partial charge is 0.489 e. The van der Waals surface area contributed by atoms with E-state index < -0.39 is 22.6 Å². The molecule has 0 saturated carbocycles. The Morgan fingerprint density at radius 3 is 2.81 bits per heavy atom. The number of hydrogen-bond donors (Lipinski definition) is 1. The molecule has 0 radical (unpaired) electrons. The number of ether oxygens (including phenoxy) is 1. The van der Waals surface area contributed by atoms with Gasteiger partial charge in [0.05, 0.1) is 22.8 Å². The Kier molecular flexibility index (Phi) is 4.56. The van der Waals surface area contributed by atoms with Gasteiger partial charge in [-0.05, 0) is 24.3 Å². The van der Waals surface area contributed by atoms with Crippen LogP contribution in [0.15, 0.2) is 52.9 Å². The van der Waals surface area contributed by atoms with E-state index in [-0.39, 0.29) is 5.69 Å². The van der Waals surface area contributed by atoms with Crippen LogP contribution in [0.3, 0.4) is 0 Å². The number of benzene rings is 2. The van der Waals surface area contributed by atoms with E-state index in [1.54, 1.807) is 34.7 Å². The zero-order valence-electron chi connectivity index (χ0n) is 13.3. The lowest BCUT2D eigenvalue weighted by molar-refractivity contribution is 0.312. The van der Waals surface area contributed by atoms with E-state index in [9.17, 15) is 13.0 Å². The highest BCUT2D eigenvalue weighted by atomic mass is 32.2. The van der Waals surface area contributed by atoms with Gasteiger partial charge in [0.2, 0.25) is 0 Å². The molecule has 3 aromatic rings. The molecule has 134 valence electrons. The summed E-state index contributed by atoms with van der Waals surface area (Å²) >= 11 is 1.35. The number of halogens is 2. The van der Waals surface area contributed by atoms with Crippen LogP contribution < -0.4 is 14.4 Å². The van der Waals surface area contributed by atoms with Crippen molar-refractivity contribution in [2.24, 2.45) is 0 Å². The van der Waals surface area contributed by atoms with Crippen LogP contribution in [0.2, 0.25) is 0 Å². The van der Waals surface area contributed by atoms with E-state index in [2.05, 4.69) is 9.71 Å². The Morgan fingerprint density at radius 1 is 1.19 bits per heavy atom. The van der Waals surface area contributed by atoms with Crippen molar-refractivity contribution in [2.45, 2.75) is 4.90 Å². The molecule has 1 aliphatic rings. The Morgan fingerprint density at radius 2 is 2.04 bits per heavy atom. The van der Waals surface area contributed by atoms with Crippen LogP contribution >= 0.6 is 11.3 Å². The second-order valence-corrected chi connectivity index (χ2v) is 7.54. The first-order valence-corrected chi connectivity index (χ1v) is 9.72. The van der Waals surface area contributed by atoms with Crippen LogP contribution in [-0.2, 0) is 11.0 Å². The summed E-state index contributed by atoms with van der Waals surface area (Å²) < 4.78 is 48.2. The molecule has 0 amide bonds. The van der Waals surface area contributed by atoms with Gasteiger partial charge in [-0.1, -0.05) is 0 Å². The van der Waals surface area contributed by atoms with Crippen LogP contribution in [0.5, 0.6) is 5.75 Å². The second kappa shape index (κ2) is 7.00. The molecule has 1 N–H and O–H groups in total. The number of hydrogen-bond acceptors (Lipinski definition) is 5. The predicted octanol–water partition coefficient (Wildman–Crippen LogP) is 4.09. The Balaban J connectivity index is 1.64. The first-order chi connectivity index (χ1) is 12.6. The summed E-state index contributed by atoms with van der Waals surface area (Å²) in [4.78, 5) is 6.27. The highest BCUT2D eigenvalue weighted by Crippen LogP contribution is 2.39.